The van der Waals surface area contributed by atoms with E-state index in [0.29, 0.717) is 28.4 Å². The van der Waals surface area contributed by atoms with E-state index >= 15 is 0 Å². The molecule has 0 N–H and O–H groups in total. The highest BCUT2D eigenvalue weighted by molar-refractivity contribution is 7.93. The van der Waals surface area contributed by atoms with Gasteiger partial charge in [0.1, 0.15) is 17.2 Å². The Morgan fingerprint density at radius 2 is 1.60 bits per heavy atom. The van der Waals surface area contributed by atoms with E-state index in [9.17, 15) is 8.42 Å². The average Bonchev–Trinajstić information content (AvgIpc) is 2.60. The molecule has 0 aliphatic rings. The second-order valence-electron chi connectivity index (χ2n) is 5.47. The Labute approximate surface area is 148 Å². The molecule has 0 bridgehead atoms. The molecule has 0 unspecified atom stereocenters. The molecular formula is C19H22O5S. The predicted octanol–water partition coefficient (Wildman–Crippen LogP) is 3.61. The van der Waals surface area contributed by atoms with Gasteiger partial charge in [-0.05, 0) is 42.8 Å². The molecule has 2 aromatic rings. The second-order valence-corrected chi connectivity index (χ2v) is 7.36. The van der Waals surface area contributed by atoms with E-state index < -0.39 is 9.84 Å². The normalized spacial score (nSPS) is 11.5. The molecule has 25 heavy (non-hydrogen) atoms. The van der Waals surface area contributed by atoms with Crippen molar-refractivity contribution < 1.29 is 22.6 Å². The molecule has 0 spiro atoms. The molecule has 134 valence electrons. The van der Waals surface area contributed by atoms with Crippen LogP contribution in [0.15, 0.2) is 41.8 Å². The van der Waals surface area contributed by atoms with Gasteiger partial charge >= 0.3 is 0 Å². The Morgan fingerprint density at radius 1 is 0.920 bits per heavy atom. The predicted molar refractivity (Wildman–Crippen MR) is 98.9 cm³/mol. The monoisotopic (exact) mass is 362 g/mol. The fourth-order valence-electron chi connectivity index (χ4n) is 2.50. The van der Waals surface area contributed by atoms with Crippen molar-refractivity contribution in [1.29, 1.82) is 0 Å². The van der Waals surface area contributed by atoms with Crippen LogP contribution in [0.25, 0.3) is 6.08 Å². The molecule has 0 atom stereocenters. The summed E-state index contributed by atoms with van der Waals surface area (Å²) < 4.78 is 40.4. The average molecular weight is 362 g/mol. The Morgan fingerprint density at radius 3 is 2.16 bits per heavy atom. The minimum Gasteiger partial charge on any atom is -0.497 e. The third-order valence-corrected chi connectivity index (χ3v) is 5.08. The van der Waals surface area contributed by atoms with E-state index in [2.05, 4.69) is 0 Å². The standard InChI is InChI=1S/C19H22O5S/c1-14-18(23-3)10-7-16(19(14)24-4)11-12-25(20,21)13-15-5-8-17(22-2)9-6-15/h5-12H,13H2,1-4H3/b12-11+. The van der Waals surface area contributed by atoms with E-state index in [1.54, 1.807) is 63.8 Å². The van der Waals surface area contributed by atoms with Gasteiger partial charge in [-0.15, -0.1) is 0 Å². The quantitative estimate of drug-likeness (QED) is 0.753. The van der Waals surface area contributed by atoms with E-state index in [1.165, 1.54) is 5.41 Å². The molecule has 0 amide bonds. The van der Waals surface area contributed by atoms with Crippen LogP contribution in [0.3, 0.4) is 0 Å². The summed E-state index contributed by atoms with van der Waals surface area (Å²) in [6, 6.07) is 10.5. The van der Waals surface area contributed by atoms with Crippen molar-refractivity contribution in [2.24, 2.45) is 0 Å². The highest BCUT2D eigenvalue weighted by atomic mass is 32.2. The summed E-state index contributed by atoms with van der Waals surface area (Å²) in [6.45, 7) is 1.86. The molecule has 0 aliphatic carbocycles. The zero-order valence-electron chi connectivity index (χ0n) is 14.8. The smallest absolute Gasteiger partial charge is 0.175 e. The lowest BCUT2D eigenvalue weighted by molar-refractivity contribution is 0.388. The summed E-state index contributed by atoms with van der Waals surface area (Å²) in [7, 11) is 1.28. The maximum atomic E-state index is 12.4. The van der Waals surface area contributed by atoms with Crippen LogP contribution in [0.1, 0.15) is 16.7 Å². The number of hydrogen-bond acceptors (Lipinski definition) is 5. The summed E-state index contributed by atoms with van der Waals surface area (Å²) in [6.07, 6.45) is 1.55. The SMILES string of the molecule is COc1ccc(CS(=O)(=O)/C=C/c2ccc(OC)c(C)c2OC)cc1. The van der Waals surface area contributed by atoms with E-state index in [0.717, 1.165) is 5.56 Å². The third-order valence-electron chi connectivity index (χ3n) is 3.79. The largest absolute Gasteiger partial charge is 0.497 e. The fraction of sp³-hybridized carbons (Fsp3) is 0.263. The van der Waals surface area contributed by atoms with Crippen LogP contribution < -0.4 is 14.2 Å². The summed E-state index contributed by atoms with van der Waals surface area (Å²) >= 11 is 0. The lowest BCUT2D eigenvalue weighted by Gasteiger charge is -2.12. The number of methoxy groups -OCH3 is 3. The van der Waals surface area contributed by atoms with E-state index in [4.69, 9.17) is 14.2 Å². The topological polar surface area (TPSA) is 61.8 Å². The molecule has 5 nitrogen and oxygen atoms in total. The Balaban J connectivity index is 2.23. The number of benzene rings is 2. The highest BCUT2D eigenvalue weighted by Crippen LogP contribution is 2.32. The van der Waals surface area contributed by atoms with Gasteiger partial charge in [0.05, 0.1) is 27.1 Å². The summed E-state index contributed by atoms with van der Waals surface area (Å²) in [5, 5.41) is 1.21. The number of sulfone groups is 1. The van der Waals surface area contributed by atoms with Crippen LogP contribution in [0.4, 0.5) is 0 Å². The van der Waals surface area contributed by atoms with Crippen molar-refractivity contribution in [2.45, 2.75) is 12.7 Å². The van der Waals surface area contributed by atoms with Gasteiger partial charge < -0.3 is 14.2 Å². The van der Waals surface area contributed by atoms with Crippen LogP contribution in [0.5, 0.6) is 17.2 Å². The van der Waals surface area contributed by atoms with Crippen molar-refractivity contribution in [2.75, 3.05) is 21.3 Å². The summed E-state index contributed by atoms with van der Waals surface area (Å²) in [5.74, 6) is 1.89. The molecule has 6 heteroatoms. The minimum atomic E-state index is -3.41. The first-order chi connectivity index (χ1) is 11.9. The summed E-state index contributed by atoms with van der Waals surface area (Å²) in [5.41, 5.74) is 2.20. The van der Waals surface area contributed by atoms with Crippen LogP contribution >= 0.6 is 0 Å². The van der Waals surface area contributed by atoms with Crippen LogP contribution in [0.2, 0.25) is 0 Å². The van der Waals surface area contributed by atoms with Crippen LogP contribution in [-0.4, -0.2) is 29.7 Å². The Kier molecular flexibility index (Phi) is 6.09. The second kappa shape index (κ2) is 8.07. The molecule has 0 heterocycles. The number of rotatable bonds is 7. The molecule has 0 radical (unpaired) electrons. The maximum Gasteiger partial charge on any atom is 0.175 e. The first-order valence-corrected chi connectivity index (χ1v) is 9.37. The maximum absolute atomic E-state index is 12.4. The molecule has 2 rings (SSSR count). The number of hydrogen-bond donors (Lipinski definition) is 0. The summed E-state index contributed by atoms with van der Waals surface area (Å²) in [4.78, 5) is 0. The van der Waals surface area contributed by atoms with Gasteiger partial charge in [-0.1, -0.05) is 12.1 Å². The molecule has 0 saturated carbocycles. The fourth-order valence-corrected chi connectivity index (χ4v) is 3.60. The van der Waals surface area contributed by atoms with Crippen LogP contribution in [0, 0.1) is 6.92 Å². The van der Waals surface area contributed by atoms with Gasteiger partial charge in [-0.25, -0.2) is 8.42 Å². The zero-order chi connectivity index (χ0) is 18.4. The van der Waals surface area contributed by atoms with Crippen molar-refractivity contribution in [3.05, 3.63) is 58.5 Å². The first-order valence-electron chi connectivity index (χ1n) is 7.65. The van der Waals surface area contributed by atoms with Crippen molar-refractivity contribution in [3.63, 3.8) is 0 Å². The van der Waals surface area contributed by atoms with Gasteiger partial charge in [0, 0.05) is 16.5 Å². The van der Waals surface area contributed by atoms with Crippen molar-refractivity contribution in [3.8, 4) is 17.2 Å². The van der Waals surface area contributed by atoms with Gasteiger partial charge in [-0.2, -0.15) is 0 Å². The third kappa shape index (κ3) is 4.76. The first kappa shape index (κ1) is 18.9. The minimum absolute atomic E-state index is 0.0784. The highest BCUT2D eigenvalue weighted by Gasteiger charge is 2.12. The van der Waals surface area contributed by atoms with Crippen LogP contribution in [-0.2, 0) is 15.6 Å². The molecule has 0 fully saturated rings. The van der Waals surface area contributed by atoms with Gasteiger partial charge in [0.2, 0.25) is 0 Å². The van der Waals surface area contributed by atoms with Gasteiger partial charge in [-0.3, -0.25) is 0 Å². The lowest BCUT2D eigenvalue weighted by atomic mass is 10.1. The molecule has 0 aliphatic heterocycles. The van der Waals surface area contributed by atoms with Crippen molar-refractivity contribution in [1.82, 2.24) is 0 Å². The zero-order valence-corrected chi connectivity index (χ0v) is 15.6. The van der Waals surface area contributed by atoms with Gasteiger partial charge in [0.15, 0.2) is 9.84 Å². The van der Waals surface area contributed by atoms with E-state index in [-0.39, 0.29) is 5.75 Å². The molecular weight excluding hydrogens is 340 g/mol. The van der Waals surface area contributed by atoms with Crippen molar-refractivity contribution >= 4 is 15.9 Å². The molecule has 0 saturated heterocycles. The lowest BCUT2D eigenvalue weighted by Crippen LogP contribution is -2.00. The molecule has 0 aromatic heterocycles. The Hall–Kier alpha value is -2.47. The Bertz CT molecular complexity index is 852. The number of ether oxygens (including phenoxy) is 3. The van der Waals surface area contributed by atoms with E-state index in [1.807, 2.05) is 6.92 Å². The van der Waals surface area contributed by atoms with Gasteiger partial charge in [0.25, 0.3) is 0 Å². The molecule has 2 aromatic carbocycles.